The van der Waals surface area contributed by atoms with Gasteiger partial charge in [0.15, 0.2) is 0 Å². The van der Waals surface area contributed by atoms with Crippen LogP contribution in [0.4, 0.5) is 0 Å². The molecule has 22 heavy (non-hydrogen) atoms. The second-order valence-corrected chi connectivity index (χ2v) is 6.72. The number of aryl methyl sites for hydroxylation is 1. The highest BCUT2D eigenvalue weighted by Crippen LogP contribution is 2.33. The van der Waals surface area contributed by atoms with Gasteiger partial charge < -0.3 is 10.4 Å². The van der Waals surface area contributed by atoms with Crippen molar-refractivity contribution in [3.63, 3.8) is 0 Å². The SMILES string of the molecule is O=C(CCc1ccc2ncsc2c1)NCC1CC(C(=O)O)C1. The molecule has 1 aliphatic rings. The lowest BCUT2D eigenvalue weighted by Crippen LogP contribution is -2.38. The lowest BCUT2D eigenvalue weighted by atomic mass is 9.75. The zero-order chi connectivity index (χ0) is 15.5. The van der Waals surface area contributed by atoms with Crippen molar-refractivity contribution in [1.82, 2.24) is 10.3 Å². The highest BCUT2D eigenvalue weighted by molar-refractivity contribution is 7.16. The number of aliphatic carboxylic acids is 1. The molecule has 5 nitrogen and oxygen atoms in total. The molecule has 6 heteroatoms. The number of carboxylic acids is 1. The van der Waals surface area contributed by atoms with E-state index in [1.54, 1.807) is 11.3 Å². The van der Waals surface area contributed by atoms with Gasteiger partial charge in [0.1, 0.15) is 0 Å². The summed E-state index contributed by atoms with van der Waals surface area (Å²) in [5, 5.41) is 11.7. The number of nitrogens with zero attached hydrogens (tertiary/aromatic N) is 1. The van der Waals surface area contributed by atoms with Crippen molar-refractivity contribution >= 4 is 33.4 Å². The van der Waals surface area contributed by atoms with Gasteiger partial charge in [-0.05, 0) is 42.9 Å². The Labute approximate surface area is 132 Å². The van der Waals surface area contributed by atoms with E-state index in [0.29, 0.717) is 38.1 Å². The minimum atomic E-state index is -0.721. The summed E-state index contributed by atoms with van der Waals surface area (Å²) in [6, 6.07) is 6.09. The summed E-state index contributed by atoms with van der Waals surface area (Å²) in [5.74, 6) is -0.587. The maximum atomic E-state index is 11.9. The number of rotatable bonds is 6. The summed E-state index contributed by atoms with van der Waals surface area (Å²) in [6.45, 7) is 0.594. The Hall–Kier alpha value is -1.95. The van der Waals surface area contributed by atoms with Gasteiger partial charge in [-0.15, -0.1) is 11.3 Å². The van der Waals surface area contributed by atoms with E-state index < -0.39 is 5.97 Å². The molecule has 116 valence electrons. The number of benzene rings is 1. The van der Waals surface area contributed by atoms with Crippen molar-refractivity contribution in [2.24, 2.45) is 11.8 Å². The fourth-order valence-corrected chi connectivity index (χ4v) is 3.50. The Morgan fingerprint density at radius 3 is 2.95 bits per heavy atom. The maximum Gasteiger partial charge on any atom is 0.306 e. The van der Waals surface area contributed by atoms with Crippen LogP contribution in [-0.2, 0) is 16.0 Å². The van der Waals surface area contributed by atoms with Crippen LogP contribution in [-0.4, -0.2) is 28.5 Å². The molecule has 0 saturated heterocycles. The first-order chi connectivity index (χ1) is 10.6. The molecule has 1 aliphatic carbocycles. The lowest BCUT2D eigenvalue weighted by Gasteiger charge is -2.32. The topological polar surface area (TPSA) is 79.3 Å². The number of aromatic nitrogens is 1. The minimum absolute atomic E-state index is 0.0307. The second kappa shape index (κ2) is 6.44. The Morgan fingerprint density at radius 2 is 2.18 bits per heavy atom. The first kappa shape index (κ1) is 15.0. The summed E-state index contributed by atoms with van der Waals surface area (Å²) in [6.07, 6.45) is 2.52. The van der Waals surface area contributed by atoms with Crippen molar-refractivity contribution < 1.29 is 14.7 Å². The van der Waals surface area contributed by atoms with Gasteiger partial charge >= 0.3 is 5.97 Å². The van der Waals surface area contributed by atoms with E-state index in [1.807, 2.05) is 17.6 Å². The van der Waals surface area contributed by atoms with E-state index in [-0.39, 0.29) is 11.8 Å². The second-order valence-electron chi connectivity index (χ2n) is 5.83. The maximum absolute atomic E-state index is 11.9. The molecule has 0 bridgehead atoms. The van der Waals surface area contributed by atoms with Crippen LogP contribution in [0.25, 0.3) is 10.2 Å². The highest BCUT2D eigenvalue weighted by Gasteiger charge is 2.34. The zero-order valence-corrected chi connectivity index (χ0v) is 12.9. The quantitative estimate of drug-likeness (QED) is 0.857. The molecule has 0 unspecified atom stereocenters. The molecule has 0 atom stereocenters. The zero-order valence-electron chi connectivity index (χ0n) is 12.1. The van der Waals surface area contributed by atoms with E-state index in [9.17, 15) is 9.59 Å². The summed E-state index contributed by atoms with van der Waals surface area (Å²) < 4.78 is 1.15. The predicted octanol–water partition coefficient (Wildman–Crippen LogP) is 2.46. The van der Waals surface area contributed by atoms with Crippen LogP contribution >= 0.6 is 11.3 Å². The molecule has 1 amide bonds. The fraction of sp³-hybridized carbons (Fsp3) is 0.438. The van der Waals surface area contributed by atoms with Crippen LogP contribution in [0.3, 0.4) is 0 Å². The van der Waals surface area contributed by atoms with E-state index in [0.717, 1.165) is 15.8 Å². The molecule has 1 heterocycles. The van der Waals surface area contributed by atoms with Crippen molar-refractivity contribution in [1.29, 1.82) is 0 Å². The Kier molecular flexibility index (Phi) is 4.38. The van der Waals surface area contributed by atoms with Crippen molar-refractivity contribution in [3.05, 3.63) is 29.3 Å². The van der Waals surface area contributed by atoms with Crippen LogP contribution in [0.1, 0.15) is 24.8 Å². The highest BCUT2D eigenvalue weighted by atomic mass is 32.1. The van der Waals surface area contributed by atoms with Crippen molar-refractivity contribution in [2.75, 3.05) is 6.54 Å². The van der Waals surface area contributed by atoms with Crippen LogP contribution < -0.4 is 5.32 Å². The number of nitrogens with one attached hydrogen (secondary N) is 1. The molecule has 1 fully saturated rings. The van der Waals surface area contributed by atoms with E-state index in [1.165, 1.54) is 0 Å². The van der Waals surface area contributed by atoms with Crippen molar-refractivity contribution in [3.8, 4) is 0 Å². The molecule has 2 aromatic rings. The van der Waals surface area contributed by atoms with Gasteiger partial charge in [0.2, 0.25) is 5.91 Å². The Balaban J connectivity index is 1.40. The first-order valence-corrected chi connectivity index (χ1v) is 8.31. The van der Waals surface area contributed by atoms with E-state index in [2.05, 4.69) is 16.4 Å². The average Bonchev–Trinajstić information content (AvgIpc) is 2.90. The molecule has 1 aromatic carbocycles. The summed E-state index contributed by atoms with van der Waals surface area (Å²) in [4.78, 5) is 26.8. The predicted molar refractivity (Wildman–Crippen MR) is 84.8 cm³/mol. The standard InChI is InChI=1S/C16H18N2O3S/c19-15(17-8-11-5-12(6-11)16(20)21)4-2-10-1-3-13-14(7-10)22-9-18-13/h1,3,7,9,11-12H,2,4-6,8H2,(H,17,19)(H,20,21). The normalized spacial score (nSPS) is 20.5. The van der Waals surface area contributed by atoms with Gasteiger partial charge in [-0.1, -0.05) is 6.07 Å². The molecule has 2 N–H and O–H groups in total. The number of carbonyl (C=O) groups excluding carboxylic acids is 1. The molecule has 1 saturated carbocycles. The van der Waals surface area contributed by atoms with Crippen LogP contribution in [0.5, 0.6) is 0 Å². The number of hydrogen-bond acceptors (Lipinski definition) is 4. The van der Waals surface area contributed by atoms with Crippen LogP contribution in [0, 0.1) is 11.8 Å². The van der Waals surface area contributed by atoms with E-state index in [4.69, 9.17) is 5.11 Å². The average molecular weight is 318 g/mol. The van der Waals surface area contributed by atoms with Gasteiger partial charge in [0, 0.05) is 13.0 Å². The summed E-state index contributed by atoms with van der Waals surface area (Å²) in [5.41, 5.74) is 3.96. The number of carbonyl (C=O) groups is 2. The largest absolute Gasteiger partial charge is 0.481 e. The van der Waals surface area contributed by atoms with Gasteiger partial charge in [-0.2, -0.15) is 0 Å². The van der Waals surface area contributed by atoms with Gasteiger partial charge in [0.05, 0.1) is 21.6 Å². The molecule has 0 aliphatic heterocycles. The summed E-state index contributed by atoms with van der Waals surface area (Å²) in [7, 11) is 0. The minimum Gasteiger partial charge on any atom is -0.481 e. The number of thiazole rings is 1. The van der Waals surface area contributed by atoms with Crippen LogP contribution in [0.2, 0.25) is 0 Å². The molecule has 1 aromatic heterocycles. The number of fused-ring (bicyclic) bond motifs is 1. The van der Waals surface area contributed by atoms with Gasteiger partial charge in [-0.3, -0.25) is 9.59 Å². The third-order valence-electron chi connectivity index (χ3n) is 4.21. The van der Waals surface area contributed by atoms with Crippen LogP contribution in [0.15, 0.2) is 23.7 Å². The molecular formula is C16H18N2O3S. The molecular weight excluding hydrogens is 300 g/mol. The molecule has 3 rings (SSSR count). The molecule has 0 radical (unpaired) electrons. The van der Waals surface area contributed by atoms with Crippen molar-refractivity contribution in [2.45, 2.75) is 25.7 Å². The smallest absolute Gasteiger partial charge is 0.306 e. The van der Waals surface area contributed by atoms with Gasteiger partial charge in [0.25, 0.3) is 0 Å². The third-order valence-corrected chi connectivity index (χ3v) is 5.00. The third kappa shape index (κ3) is 3.44. The number of hydrogen-bond donors (Lipinski definition) is 2. The Bertz CT molecular complexity index is 692. The fourth-order valence-electron chi connectivity index (χ4n) is 2.76. The number of amides is 1. The molecule has 0 spiro atoms. The number of carboxylic acid groups (broad SMARTS) is 1. The monoisotopic (exact) mass is 318 g/mol. The first-order valence-electron chi connectivity index (χ1n) is 7.43. The summed E-state index contributed by atoms with van der Waals surface area (Å²) >= 11 is 1.60. The lowest BCUT2D eigenvalue weighted by molar-refractivity contribution is -0.146. The Morgan fingerprint density at radius 1 is 1.36 bits per heavy atom. The van der Waals surface area contributed by atoms with Gasteiger partial charge in [-0.25, -0.2) is 4.98 Å². The van der Waals surface area contributed by atoms with E-state index >= 15 is 0 Å².